The molecule has 9 nitrogen and oxygen atoms in total. The Morgan fingerprint density at radius 1 is 0.902 bits per heavy atom. The molecule has 41 heavy (non-hydrogen) atoms. The highest BCUT2D eigenvalue weighted by atomic mass is 16.5. The van der Waals surface area contributed by atoms with E-state index in [2.05, 4.69) is 24.0 Å². The number of hydrogen-bond acceptors (Lipinski definition) is 7. The van der Waals surface area contributed by atoms with E-state index in [1.165, 1.54) is 5.56 Å². The van der Waals surface area contributed by atoms with E-state index in [0.29, 0.717) is 55.2 Å². The predicted octanol–water partition coefficient (Wildman–Crippen LogP) is 4.44. The lowest BCUT2D eigenvalue weighted by Gasteiger charge is -2.59. The van der Waals surface area contributed by atoms with Gasteiger partial charge in [-0.2, -0.15) is 0 Å². The Labute approximate surface area is 242 Å². The van der Waals surface area contributed by atoms with Crippen molar-refractivity contribution in [1.82, 2.24) is 9.80 Å². The predicted molar refractivity (Wildman–Crippen MR) is 154 cm³/mol. The van der Waals surface area contributed by atoms with Gasteiger partial charge in [0.1, 0.15) is 0 Å². The molecule has 1 amide bonds. The number of rotatable bonds is 7. The minimum atomic E-state index is -0.783. The van der Waals surface area contributed by atoms with Gasteiger partial charge in [-0.15, -0.1) is 0 Å². The van der Waals surface area contributed by atoms with Crippen LogP contribution in [0.15, 0.2) is 24.3 Å². The molecule has 9 heteroatoms. The highest BCUT2D eigenvalue weighted by molar-refractivity contribution is 5.76. The molecule has 1 aliphatic carbocycles. The van der Waals surface area contributed by atoms with Gasteiger partial charge in [0.2, 0.25) is 5.91 Å². The van der Waals surface area contributed by atoms with Crippen LogP contribution in [0, 0.1) is 11.8 Å². The summed E-state index contributed by atoms with van der Waals surface area (Å²) in [6.45, 7) is 5.96. The number of benzene rings is 2. The number of aliphatic carboxylic acids is 1. The molecule has 2 heterocycles. The maximum absolute atomic E-state index is 13.5. The molecule has 0 aromatic heterocycles. The van der Waals surface area contributed by atoms with Gasteiger partial charge in [-0.05, 0) is 85.2 Å². The summed E-state index contributed by atoms with van der Waals surface area (Å²) < 4.78 is 22.8. The number of methoxy groups -OCH3 is 4. The van der Waals surface area contributed by atoms with Gasteiger partial charge >= 0.3 is 5.97 Å². The van der Waals surface area contributed by atoms with Crippen molar-refractivity contribution in [2.24, 2.45) is 11.8 Å². The van der Waals surface area contributed by atoms with E-state index in [0.717, 1.165) is 36.2 Å². The topological polar surface area (TPSA) is 97.8 Å². The Morgan fingerprint density at radius 3 is 2.07 bits per heavy atom. The van der Waals surface area contributed by atoms with Gasteiger partial charge in [0.25, 0.3) is 0 Å². The monoisotopic (exact) mass is 566 g/mol. The number of nitrogens with zero attached hydrogens (tertiary/aromatic N) is 2. The number of likely N-dealkylation sites (N-methyl/N-ethyl adjacent to an activating group) is 1. The van der Waals surface area contributed by atoms with Crippen LogP contribution in [0.3, 0.4) is 0 Å². The third-order valence-electron chi connectivity index (χ3n) is 9.73. The first kappa shape index (κ1) is 29.0. The van der Waals surface area contributed by atoms with E-state index in [-0.39, 0.29) is 17.9 Å². The molecule has 0 bridgehead atoms. The summed E-state index contributed by atoms with van der Waals surface area (Å²) in [6.07, 6.45) is 3.02. The van der Waals surface area contributed by atoms with Crippen LogP contribution in [-0.4, -0.2) is 74.9 Å². The number of amides is 1. The summed E-state index contributed by atoms with van der Waals surface area (Å²) in [5.74, 6) is 1.10. The van der Waals surface area contributed by atoms with Crippen molar-refractivity contribution in [3.8, 4) is 23.0 Å². The minimum Gasteiger partial charge on any atom is -0.493 e. The fourth-order valence-corrected chi connectivity index (χ4v) is 7.88. The minimum absolute atomic E-state index is 0.00407. The van der Waals surface area contributed by atoms with Gasteiger partial charge in [-0.1, -0.05) is 6.92 Å². The average molecular weight is 567 g/mol. The van der Waals surface area contributed by atoms with E-state index in [9.17, 15) is 14.7 Å². The number of carbonyl (C=O) groups is 2. The van der Waals surface area contributed by atoms with Crippen LogP contribution in [0.2, 0.25) is 0 Å². The first-order valence-corrected chi connectivity index (χ1v) is 14.5. The lowest BCUT2D eigenvalue weighted by molar-refractivity contribution is -0.154. The molecule has 2 aliphatic heterocycles. The van der Waals surface area contributed by atoms with Crippen molar-refractivity contribution in [3.05, 3.63) is 46.5 Å². The molecule has 222 valence electrons. The van der Waals surface area contributed by atoms with Crippen molar-refractivity contribution in [1.29, 1.82) is 0 Å². The summed E-state index contributed by atoms with van der Waals surface area (Å²) in [5.41, 5.74) is 3.72. The van der Waals surface area contributed by atoms with Crippen LogP contribution in [0.4, 0.5) is 0 Å². The first-order chi connectivity index (χ1) is 19.7. The zero-order chi connectivity index (χ0) is 29.5. The van der Waals surface area contributed by atoms with Crippen LogP contribution < -0.4 is 18.9 Å². The van der Waals surface area contributed by atoms with E-state index in [4.69, 9.17) is 18.9 Å². The Kier molecular flexibility index (Phi) is 8.10. The second-order valence-electron chi connectivity index (χ2n) is 11.4. The number of hydrogen-bond donors (Lipinski definition) is 1. The van der Waals surface area contributed by atoms with Crippen LogP contribution in [-0.2, 0) is 28.0 Å². The van der Waals surface area contributed by atoms with Gasteiger partial charge < -0.3 is 29.0 Å². The Balaban J connectivity index is 1.80. The van der Waals surface area contributed by atoms with Gasteiger partial charge in [0.15, 0.2) is 23.0 Å². The molecular weight excluding hydrogens is 524 g/mol. The van der Waals surface area contributed by atoms with Crippen molar-refractivity contribution < 1.29 is 33.6 Å². The number of fused-ring (bicyclic) bond motifs is 3. The van der Waals surface area contributed by atoms with Gasteiger partial charge in [0, 0.05) is 32.0 Å². The van der Waals surface area contributed by atoms with E-state index < -0.39 is 17.4 Å². The van der Waals surface area contributed by atoms with Crippen LogP contribution in [0.1, 0.15) is 61.4 Å². The summed E-state index contributed by atoms with van der Waals surface area (Å²) >= 11 is 0. The number of carbonyl (C=O) groups excluding carboxylic acids is 1. The van der Waals surface area contributed by atoms with Crippen molar-refractivity contribution in [2.75, 3.05) is 48.1 Å². The molecule has 5 rings (SSSR count). The third-order valence-corrected chi connectivity index (χ3v) is 9.73. The molecule has 1 spiro atoms. The van der Waals surface area contributed by atoms with Crippen LogP contribution in [0.5, 0.6) is 23.0 Å². The van der Waals surface area contributed by atoms with Crippen LogP contribution >= 0.6 is 0 Å². The number of carboxylic acids is 1. The quantitative estimate of drug-likeness (QED) is 0.526. The highest BCUT2D eigenvalue weighted by Crippen LogP contribution is 2.58. The van der Waals surface area contributed by atoms with E-state index in [1.54, 1.807) is 35.4 Å². The van der Waals surface area contributed by atoms with Crippen molar-refractivity contribution in [3.63, 3.8) is 0 Å². The standard InChI is InChI=1S/C32H42N2O7/c1-7-33-12-9-20-15-26(38-3)28(40-5)17-23(20)30(33)25-14-22(31(36)37)8-11-32(25)24-18-29(41-6)27(39-4)16-21(24)10-13-34(32)19(2)35/h15-18,22,25,30H,7-14H2,1-6H3,(H,36,37)/t22-,25-,30?,32+/m1/s1. The second-order valence-corrected chi connectivity index (χ2v) is 11.4. The van der Waals surface area contributed by atoms with Crippen LogP contribution in [0.25, 0.3) is 0 Å². The molecule has 3 aliphatic rings. The first-order valence-electron chi connectivity index (χ1n) is 14.5. The summed E-state index contributed by atoms with van der Waals surface area (Å²) in [6, 6.07) is 8.06. The maximum atomic E-state index is 13.5. The van der Waals surface area contributed by atoms with Gasteiger partial charge in [0.05, 0.1) is 39.9 Å². The SMILES string of the molecule is CCN1CCc2cc(OC)c(OC)cc2C1[C@H]1C[C@H](C(=O)O)CC[C@]12c1cc(OC)c(OC)cc1CCN2C(C)=O. The fourth-order valence-electron chi connectivity index (χ4n) is 7.88. The lowest BCUT2D eigenvalue weighted by atomic mass is 9.58. The lowest BCUT2D eigenvalue weighted by Crippen LogP contribution is -2.62. The molecule has 1 N–H and O–H groups in total. The molecule has 2 aromatic rings. The Hall–Kier alpha value is -3.46. The smallest absolute Gasteiger partial charge is 0.306 e. The molecule has 0 radical (unpaired) electrons. The van der Waals surface area contributed by atoms with Crippen molar-refractivity contribution in [2.45, 2.75) is 57.5 Å². The Morgan fingerprint density at radius 2 is 1.49 bits per heavy atom. The molecule has 0 saturated heterocycles. The average Bonchev–Trinajstić information content (AvgIpc) is 2.99. The maximum Gasteiger partial charge on any atom is 0.306 e. The molecule has 1 unspecified atom stereocenters. The second kappa shape index (κ2) is 11.4. The van der Waals surface area contributed by atoms with Gasteiger partial charge in [-0.25, -0.2) is 0 Å². The van der Waals surface area contributed by atoms with E-state index in [1.807, 2.05) is 17.0 Å². The highest BCUT2D eigenvalue weighted by Gasteiger charge is 2.57. The molecular formula is C32H42N2O7. The fraction of sp³-hybridized carbons (Fsp3) is 0.562. The van der Waals surface area contributed by atoms with Crippen molar-refractivity contribution >= 4 is 11.9 Å². The zero-order valence-electron chi connectivity index (χ0n) is 25.0. The third kappa shape index (κ3) is 4.68. The normalized spacial score (nSPS) is 25.7. The molecule has 1 saturated carbocycles. The largest absolute Gasteiger partial charge is 0.493 e. The van der Waals surface area contributed by atoms with Gasteiger partial charge in [-0.3, -0.25) is 14.5 Å². The zero-order valence-corrected chi connectivity index (χ0v) is 25.0. The number of carboxylic acid groups (broad SMARTS) is 1. The number of ether oxygens (including phenoxy) is 4. The van der Waals surface area contributed by atoms with E-state index >= 15 is 0 Å². The summed E-state index contributed by atoms with van der Waals surface area (Å²) in [4.78, 5) is 30.5. The Bertz CT molecular complexity index is 1330. The molecule has 2 aromatic carbocycles. The summed E-state index contributed by atoms with van der Waals surface area (Å²) in [5, 5.41) is 10.3. The molecule has 4 atom stereocenters. The summed E-state index contributed by atoms with van der Waals surface area (Å²) in [7, 11) is 6.53. The molecule has 1 fully saturated rings.